The van der Waals surface area contributed by atoms with Crippen LogP contribution in [0.2, 0.25) is 0 Å². The highest BCUT2D eigenvalue weighted by atomic mass is 16.5. The van der Waals surface area contributed by atoms with E-state index in [1.54, 1.807) is 0 Å². The van der Waals surface area contributed by atoms with Gasteiger partial charge in [-0.25, -0.2) is 0 Å². The number of ether oxygens (including phenoxy) is 1. The summed E-state index contributed by atoms with van der Waals surface area (Å²) < 4.78 is 5.66. The van der Waals surface area contributed by atoms with E-state index in [-0.39, 0.29) is 0 Å². The third kappa shape index (κ3) is 4.01. The molecule has 2 rings (SSSR count). The molecule has 2 fully saturated rings. The highest BCUT2D eigenvalue weighted by Gasteiger charge is 2.16. The standard InChI is InChI=1S/C12H25N3O/c1-12-11-15(5-2-10-16-12)9-8-14-6-3-13-4-7-14/h12-13H,2-11H2,1H3. The Bertz CT molecular complexity index is 195. The molecular formula is C12H25N3O. The van der Waals surface area contributed by atoms with Gasteiger partial charge in [0.15, 0.2) is 0 Å². The molecule has 4 nitrogen and oxygen atoms in total. The summed E-state index contributed by atoms with van der Waals surface area (Å²) in [6, 6.07) is 0. The molecular weight excluding hydrogens is 202 g/mol. The van der Waals surface area contributed by atoms with Crippen LogP contribution in [-0.4, -0.2) is 74.9 Å². The van der Waals surface area contributed by atoms with Crippen molar-refractivity contribution >= 4 is 0 Å². The molecule has 0 aromatic heterocycles. The molecule has 2 heterocycles. The fraction of sp³-hybridized carbons (Fsp3) is 1.00. The molecule has 0 aromatic carbocycles. The molecule has 2 aliphatic heterocycles. The predicted molar refractivity (Wildman–Crippen MR) is 65.8 cm³/mol. The molecule has 0 amide bonds. The van der Waals surface area contributed by atoms with Crippen LogP contribution in [-0.2, 0) is 4.74 Å². The van der Waals surface area contributed by atoms with Crippen molar-refractivity contribution in [3.63, 3.8) is 0 Å². The van der Waals surface area contributed by atoms with Crippen molar-refractivity contribution in [3.8, 4) is 0 Å². The van der Waals surface area contributed by atoms with Crippen LogP contribution in [0.25, 0.3) is 0 Å². The first-order valence-corrected chi connectivity index (χ1v) is 6.61. The van der Waals surface area contributed by atoms with E-state index in [9.17, 15) is 0 Å². The SMILES string of the molecule is CC1CN(CCN2CCNCC2)CCCO1. The van der Waals surface area contributed by atoms with Crippen molar-refractivity contribution in [2.75, 3.05) is 59.0 Å². The zero-order valence-electron chi connectivity index (χ0n) is 10.5. The van der Waals surface area contributed by atoms with E-state index in [2.05, 4.69) is 22.0 Å². The van der Waals surface area contributed by atoms with Crippen molar-refractivity contribution < 1.29 is 4.74 Å². The molecule has 0 aromatic rings. The van der Waals surface area contributed by atoms with Gasteiger partial charge in [-0.15, -0.1) is 0 Å². The first-order valence-electron chi connectivity index (χ1n) is 6.61. The lowest BCUT2D eigenvalue weighted by Gasteiger charge is -2.30. The van der Waals surface area contributed by atoms with Gasteiger partial charge in [-0.05, 0) is 13.3 Å². The van der Waals surface area contributed by atoms with Gasteiger partial charge < -0.3 is 10.1 Å². The van der Waals surface area contributed by atoms with Crippen LogP contribution >= 0.6 is 0 Å². The number of piperazine rings is 1. The van der Waals surface area contributed by atoms with Gasteiger partial charge in [0, 0.05) is 59.0 Å². The molecule has 94 valence electrons. The summed E-state index contributed by atoms with van der Waals surface area (Å²) in [6.07, 6.45) is 1.59. The van der Waals surface area contributed by atoms with Gasteiger partial charge in [0.1, 0.15) is 0 Å². The molecule has 0 radical (unpaired) electrons. The zero-order chi connectivity index (χ0) is 11.2. The molecule has 1 N–H and O–H groups in total. The Balaban J connectivity index is 1.67. The summed E-state index contributed by atoms with van der Waals surface area (Å²) in [4.78, 5) is 5.12. The van der Waals surface area contributed by atoms with Crippen LogP contribution in [0, 0.1) is 0 Å². The Labute approximate surface area is 98.9 Å². The van der Waals surface area contributed by atoms with E-state index >= 15 is 0 Å². The van der Waals surface area contributed by atoms with Gasteiger partial charge >= 0.3 is 0 Å². The number of hydrogen-bond donors (Lipinski definition) is 1. The highest BCUT2D eigenvalue weighted by molar-refractivity contribution is 4.72. The van der Waals surface area contributed by atoms with Gasteiger partial charge in [-0.1, -0.05) is 0 Å². The number of nitrogens with zero attached hydrogens (tertiary/aromatic N) is 2. The first-order chi connectivity index (χ1) is 7.84. The van der Waals surface area contributed by atoms with Crippen LogP contribution < -0.4 is 5.32 Å². The Hall–Kier alpha value is -0.160. The molecule has 0 saturated carbocycles. The molecule has 0 spiro atoms. The minimum Gasteiger partial charge on any atom is -0.377 e. The van der Waals surface area contributed by atoms with Crippen LogP contribution in [0.1, 0.15) is 13.3 Å². The maximum Gasteiger partial charge on any atom is 0.0673 e. The minimum atomic E-state index is 0.408. The minimum absolute atomic E-state index is 0.408. The van der Waals surface area contributed by atoms with Crippen LogP contribution in [0.3, 0.4) is 0 Å². The predicted octanol–water partition coefficient (Wildman–Crippen LogP) is 0.00240. The van der Waals surface area contributed by atoms with E-state index in [0.717, 1.165) is 26.2 Å². The van der Waals surface area contributed by atoms with Crippen molar-refractivity contribution in [1.29, 1.82) is 0 Å². The molecule has 0 bridgehead atoms. The molecule has 0 aliphatic carbocycles. The van der Waals surface area contributed by atoms with Crippen LogP contribution in [0.5, 0.6) is 0 Å². The molecule has 1 unspecified atom stereocenters. The summed E-state index contributed by atoms with van der Waals surface area (Å²) in [5, 5.41) is 3.39. The van der Waals surface area contributed by atoms with Gasteiger partial charge in [0.25, 0.3) is 0 Å². The van der Waals surface area contributed by atoms with Crippen LogP contribution in [0.4, 0.5) is 0 Å². The summed E-state index contributed by atoms with van der Waals surface area (Å²) in [5.41, 5.74) is 0. The maximum atomic E-state index is 5.66. The summed E-state index contributed by atoms with van der Waals surface area (Å²) in [5.74, 6) is 0. The van der Waals surface area contributed by atoms with E-state index in [1.807, 2.05) is 0 Å². The Kier molecular flexibility index (Phi) is 5.03. The summed E-state index contributed by atoms with van der Waals surface area (Å²) in [6.45, 7) is 12.6. The highest BCUT2D eigenvalue weighted by Crippen LogP contribution is 2.05. The van der Waals surface area contributed by atoms with Gasteiger partial charge in [0.05, 0.1) is 6.10 Å². The number of hydrogen-bond acceptors (Lipinski definition) is 4. The average Bonchev–Trinajstić information content (AvgIpc) is 2.52. The van der Waals surface area contributed by atoms with Crippen molar-refractivity contribution in [1.82, 2.24) is 15.1 Å². The lowest BCUT2D eigenvalue weighted by Crippen LogP contribution is -2.46. The van der Waals surface area contributed by atoms with Crippen molar-refractivity contribution in [2.45, 2.75) is 19.4 Å². The fourth-order valence-corrected chi connectivity index (χ4v) is 2.50. The molecule has 1 atom stereocenters. The fourth-order valence-electron chi connectivity index (χ4n) is 2.50. The monoisotopic (exact) mass is 227 g/mol. The van der Waals surface area contributed by atoms with E-state index in [4.69, 9.17) is 4.74 Å². The Morgan fingerprint density at radius 1 is 1.12 bits per heavy atom. The van der Waals surface area contributed by atoms with E-state index in [0.29, 0.717) is 6.10 Å². The largest absolute Gasteiger partial charge is 0.377 e. The van der Waals surface area contributed by atoms with Gasteiger partial charge in [-0.2, -0.15) is 0 Å². The lowest BCUT2D eigenvalue weighted by atomic mass is 10.3. The molecule has 2 saturated heterocycles. The second-order valence-corrected chi connectivity index (χ2v) is 4.93. The smallest absolute Gasteiger partial charge is 0.0673 e. The Morgan fingerprint density at radius 2 is 1.88 bits per heavy atom. The topological polar surface area (TPSA) is 27.7 Å². The van der Waals surface area contributed by atoms with Crippen molar-refractivity contribution in [3.05, 3.63) is 0 Å². The number of rotatable bonds is 3. The lowest BCUT2D eigenvalue weighted by molar-refractivity contribution is 0.0659. The second kappa shape index (κ2) is 6.55. The maximum absolute atomic E-state index is 5.66. The molecule has 16 heavy (non-hydrogen) atoms. The third-order valence-corrected chi connectivity index (χ3v) is 3.48. The summed E-state index contributed by atoms with van der Waals surface area (Å²) >= 11 is 0. The van der Waals surface area contributed by atoms with Crippen LogP contribution in [0.15, 0.2) is 0 Å². The van der Waals surface area contributed by atoms with Gasteiger partial charge in [-0.3, -0.25) is 9.80 Å². The zero-order valence-corrected chi connectivity index (χ0v) is 10.5. The normalized spacial score (nSPS) is 30.2. The average molecular weight is 227 g/mol. The Morgan fingerprint density at radius 3 is 2.69 bits per heavy atom. The summed E-state index contributed by atoms with van der Waals surface area (Å²) in [7, 11) is 0. The second-order valence-electron chi connectivity index (χ2n) is 4.93. The number of nitrogens with one attached hydrogen (secondary N) is 1. The molecule has 4 heteroatoms. The van der Waals surface area contributed by atoms with E-state index in [1.165, 1.54) is 39.1 Å². The molecule has 2 aliphatic rings. The van der Waals surface area contributed by atoms with E-state index < -0.39 is 0 Å². The third-order valence-electron chi connectivity index (χ3n) is 3.48. The van der Waals surface area contributed by atoms with Gasteiger partial charge in [0.2, 0.25) is 0 Å². The van der Waals surface area contributed by atoms with Crippen molar-refractivity contribution in [2.24, 2.45) is 0 Å². The first kappa shape index (κ1) is 12.3. The quantitative estimate of drug-likeness (QED) is 0.735.